The average molecular weight is 605 g/mol. The van der Waals surface area contributed by atoms with Crippen LogP contribution in [-0.4, -0.2) is 39.6 Å². The minimum absolute atomic E-state index is 0.0543. The number of hydrazone groups is 1. The Bertz CT molecular complexity index is 1680. The van der Waals surface area contributed by atoms with Crippen molar-refractivity contribution in [1.82, 2.24) is 5.43 Å². The molecule has 0 bridgehead atoms. The number of hydrogen-bond donors (Lipinski definition) is 2. The van der Waals surface area contributed by atoms with Gasteiger partial charge in [-0.25, -0.2) is 13.8 Å². The molecule has 0 aliphatic carbocycles. The molecule has 11 heteroatoms. The lowest BCUT2D eigenvalue weighted by atomic mass is 10.2. The molecule has 0 aliphatic rings. The van der Waals surface area contributed by atoms with E-state index in [0.717, 1.165) is 9.87 Å². The Labute approximate surface area is 249 Å². The van der Waals surface area contributed by atoms with E-state index in [0.29, 0.717) is 33.3 Å². The molecule has 4 rings (SSSR count). The third kappa shape index (κ3) is 8.18. The van der Waals surface area contributed by atoms with Gasteiger partial charge >= 0.3 is 0 Å². The quantitative estimate of drug-likeness (QED) is 0.177. The number of aryl methyl sites for hydroxylation is 2. The zero-order chi connectivity index (χ0) is 30.1. The van der Waals surface area contributed by atoms with Crippen LogP contribution in [0.1, 0.15) is 16.7 Å². The van der Waals surface area contributed by atoms with Gasteiger partial charge in [0.1, 0.15) is 12.3 Å². The molecule has 4 aromatic carbocycles. The molecule has 0 unspecified atom stereocenters. The number of para-hydroxylation sites is 1. The van der Waals surface area contributed by atoms with Crippen LogP contribution in [0.25, 0.3) is 0 Å². The van der Waals surface area contributed by atoms with Gasteiger partial charge in [-0.15, -0.1) is 0 Å². The molecular formula is C31H29ClN4O5S. The van der Waals surface area contributed by atoms with E-state index in [9.17, 15) is 18.0 Å². The molecule has 0 aromatic heterocycles. The van der Waals surface area contributed by atoms with E-state index < -0.39 is 22.5 Å². The summed E-state index contributed by atoms with van der Waals surface area (Å²) >= 11 is 6.08. The van der Waals surface area contributed by atoms with E-state index in [4.69, 9.17) is 16.3 Å². The van der Waals surface area contributed by atoms with Gasteiger partial charge in [-0.2, -0.15) is 5.10 Å². The lowest BCUT2D eigenvalue weighted by molar-refractivity contribution is -0.119. The predicted octanol–water partition coefficient (Wildman–Crippen LogP) is 5.32. The summed E-state index contributed by atoms with van der Waals surface area (Å²) < 4.78 is 33.7. The maximum atomic E-state index is 13.6. The fourth-order valence-electron chi connectivity index (χ4n) is 3.90. The van der Waals surface area contributed by atoms with Crippen LogP contribution in [0.5, 0.6) is 5.75 Å². The van der Waals surface area contributed by atoms with Crippen molar-refractivity contribution in [3.63, 3.8) is 0 Å². The number of rotatable bonds is 11. The highest BCUT2D eigenvalue weighted by molar-refractivity contribution is 7.92. The number of carbonyl (C=O) groups is 2. The van der Waals surface area contributed by atoms with Crippen LogP contribution >= 0.6 is 11.6 Å². The molecular weight excluding hydrogens is 576 g/mol. The predicted molar refractivity (Wildman–Crippen MR) is 165 cm³/mol. The van der Waals surface area contributed by atoms with Crippen LogP contribution in [0, 0.1) is 13.8 Å². The number of halogens is 1. The first kappa shape index (κ1) is 30.3. The number of sulfonamides is 1. The van der Waals surface area contributed by atoms with Crippen molar-refractivity contribution in [3.05, 3.63) is 119 Å². The molecule has 0 heterocycles. The molecule has 4 aromatic rings. The summed E-state index contributed by atoms with van der Waals surface area (Å²) in [6.07, 6.45) is 1.41. The normalized spacial score (nSPS) is 11.2. The van der Waals surface area contributed by atoms with Crippen molar-refractivity contribution in [1.29, 1.82) is 0 Å². The van der Waals surface area contributed by atoms with Gasteiger partial charge in [0.2, 0.25) is 0 Å². The Hall–Kier alpha value is -4.67. The van der Waals surface area contributed by atoms with Crippen LogP contribution in [-0.2, 0) is 19.6 Å². The van der Waals surface area contributed by atoms with Crippen molar-refractivity contribution in [2.45, 2.75) is 18.7 Å². The van der Waals surface area contributed by atoms with Crippen molar-refractivity contribution in [2.24, 2.45) is 5.10 Å². The standard InChI is InChI=1S/C31H29ClN4O5S/c1-22-8-15-28(16-9-22)42(39,40)36(29-17-12-25(32)18-23(29)2)20-30(37)35-33-19-24-10-13-27(14-11-24)41-21-31(38)34-26-6-4-3-5-7-26/h3-19H,20-21H2,1-2H3,(H,34,38)(H,35,37)/b33-19-. The minimum Gasteiger partial charge on any atom is -0.484 e. The van der Waals surface area contributed by atoms with Crippen molar-refractivity contribution < 1.29 is 22.7 Å². The monoisotopic (exact) mass is 604 g/mol. The molecule has 2 amide bonds. The smallest absolute Gasteiger partial charge is 0.264 e. The fourth-order valence-corrected chi connectivity index (χ4v) is 5.61. The molecule has 42 heavy (non-hydrogen) atoms. The minimum atomic E-state index is -4.08. The van der Waals surface area contributed by atoms with Crippen LogP contribution in [0.3, 0.4) is 0 Å². The number of nitrogens with one attached hydrogen (secondary N) is 2. The Morgan fingerprint density at radius 3 is 2.26 bits per heavy atom. The highest BCUT2D eigenvalue weighted by Gasteiger charge is 2.28. The van der Waals surface area contributed by atoms with Gasteiger partial charge in [0, 0.05) is 10.7 Å². The summed E-state index contributed by atoms with van der Waals surface area (Å²) in [6, 6.07) is 27.0. The van der Waals surface area contributed by atoms with Gasteiger partial charge in [-0.3, -0.25) is 13.9 Å². The van der Waals surface area contributed by atoms with Gasteiger partial charge in [0.15, 0.2) is 6.61 Å². The molecule has 0 saturated heterocycles. The van der Waals surface area contributed by atoms with E-state index in [1.807, 2.05) is 25.1 Å². The van der Waals surface area contributed by atoms with Gasteiger partial charge in [0.05, 0.1) is 16.8 Å². The molecule has 216 valence electrons. The second kappa shape index (κ2) is 13.8. The maximum absolute atomic E-state index is 13.6. The van der Waals surface area contributed by atoms with Gasteiger partial charge < -0.3 is 10.1 Å². The lowest BCUT2D eigenvalue weighted by Crippen LogP contribution is -2.40. The summed E-state index contributed by atoms with van der Waals surface area (Å²) in [5, 5.41) is 7.16. The van der Waals surface area contributed by atoms with Crippen LogP contribution in [0.15, 0.2) is 107 Å². The number of hydrogen-bond acceptors (Lipinski definition) is 6. The first-order valence-electron chi connectivity index (χ1n) is 12.9. The topological polar surface area (TPSA) is 117 Å². The number of nitrogens with zero attached hydrogens (tertiary/aromatic N) is 2. The van der Waals surface area contributed by atoms with Crippen LogP contribution in [0.4, 0.5) is 11.4 Å². The molecule has 0 aliphatic heterocycles. The molecule has 0 radical (unpaired) electrons. The van der Waals surface area contributed by atoms with Gasteiger partial charge in [-0.05, 0) is 91.7 Å². The zero-order valence-corrected chi connectivity index (χ0v) is 24.5. The number of carbonyl (C=O) groups excluding carboxylic acids is 2. The highest BCUT2D eigenvalue weighted by atomic mass is 35.5. The second-order valence-electron chi connectivity index (χ2n) is 9.32. The summed E-state index contributed by atoms with van der Waals surface area (Å²) in [5.41, 5.74) is 5.54. The summed E-state index contributed by atoms with van der Waals surface area (Å²) in [6.45, 7) is 2.91. The van der Waals surface area contributed by atoms with E-state index in [1.165, 1.54) is 18.3 Å². The highest BCUT2D eigenvalue weighted by Crippen LogP contribution is 2.29. The molecule has 9 nitrogen and oxygen atoms in total. The molecule has 0 atom stereocenters. The van der Waals surface area contributed by atoms with Gasteiger partial charge in [-0.1, -0.05) is 47.5 Å². The summed E-state index contributed by atoms with van der Waals surface area (Å²) in [7, 11) is -4.08. The largest absolute Gasteiger partial charge is 0.484 e. The zero-order valence-electron chi connectivity index (χ0n) is 23.0. The van der Waals surface area contributed by atoms with Crippen LogP contribution in [0.2, 0.25) is 5.02 Å². The average Bonchev–Trinajstić information content (AvgIpc) is 2.96. The maximum Gasteiger partial charge on any atom is 0.264 e. The van der Waals surface area contributed by atoms with E-state index in [-0.39, 0.29) is 17.4 Å². The van der Waals surface area contributed by atoms with E-state index >= 15 is 0 Å². The van der Waals surface area contributed by atoms with Crippen LogP contribution < -0.4 is 19.8 Å². The Balaban J connectivity index is 1.38. The molecule has 0 spiro atoms. The molecule has 2 N–H and O–H groups in total. The van der Waals surface area contributed by atoms with E-state index in [1.54, 1.807) is 73.7 Å². The first-order chi connectivity index (χ1) is 20.1. The van der Waals surface area contributed by atoms with Gasteiger partial charge in [0.25, 0.3) is 21.8 Å². The SMILES string of the molecule is Cc1ccc(S(=O)(=O)N(CC(=O)N/N=C\c2ccc(OCC(=O)Nc3ccccc3)cc2)c2ccc(Cl)cc2C)cc1. The summed E-state index contributed by atoms with van der Waals surface area (Å²) in [4.78, 5) is 25.0. The summed E-state index contributed by atoms with van der Waals surface area (Å²) in [5.74, 6) is -0.447. The fraction of sp³-hybridized carbons (Fsp3) is 0.129. The molecule has 0 saturated carbocycles. The first-order valence-corrected chi connectivity index (χ1v) is 14.7. The second-order valence-corrected chi connectivity index (χ2v) is 11.6. The third-order valence-corrected chi connectivity index (χ3v) is 8.04. The third-order valence-electron chi connectivity index (χ3n) is 6.03. The van der Waals surface area contributed by atoms with Crippen molar-refractivity contribution >= 4 is 51.0 Å². The lowest BCUT2D eigenvalue weighted by Gasteiger charge is -2.25. The number of ether oxygens (including phenoxy) is 1. The van der Waals surface area contributed by atoms with Crippen molar-refractivity contribution in [2.75, 3.05) is 22.8 Å². The molecule has 0 fully saturated rings. The number of anilines is 2. The Morgan fingerprint density at radius 2 is 1.60 bits per heavy atom. The van der Waals surface area contributed by atoms with Crippen molar-refractivity contribution in [3.8, 4) is 5.75 Å². The Kier molecular flexibility index (Phi) is 9.95. The van der Waals surface area contributed by atoms with E-state index in [2.05, 4.69) is 15.8 Å². The number of benzene rings is 4. The Morgan fingerprint density at radius 1 is 0.905 bits per heavy atom. The number of amides is 2.